The third-order valence-corrected chi connectivity index (χ3v) is 4.74. The van der Waals surface area contributed by atoms with Crippen molar-refractivity contribution in [2.24, 2.45) is 0 Å². The second-order valence-electron chi connectivity index (χ2n) is 6.56. The van der Waals surface area contributed by atoms with Gasteiger partial charge in [-0.3, -0.25) is 9.48 Å². The predicted molar refractivity (Wildman–Crippen MR) is 95.2 cm³/mol. The molecule has 0 radical (unpaired) electrons. The van der Waals surface area contributed by atoms with E-state index in [1.165, 1.54) is 0 Å². The summed E-state index contributed by atoms with van der Waals surface area (Å²) in [4.78, 5) is 15.0. The summed E-state index contributed by atoms with van der Waals surface area (Å²) in [6.07, 6.45) is 7.46. The topological polar surface area (TPSA) is 51.3 Å². The lowest BCUT2D eigenvalue weighted by Gasteiger charge is -2.24. The Balaban J connectivity index is 1.57. The minimum Gasteiger partial charge on any atom is -0.459 e. The quantitative estimate of drug-likeness (QED) is 0.729. The number of furan rings is 1. The number of rotatable bonds is 4. The maximum atomic E-state index is 13.1. The van der Waals surface area contributed by atoms with Crippen molar-refractivity contribution < 1.29 is 9.21 Å². The molecule has 2 aromatic heterocycles. The number of hydrogen-bond donors (Lipinski definition) is 0. The van der Waals surface area contributed by atoms with Gasteiger partial charge in [0.15, 0.2) is 5.76 Å². The van der Waals surface area contributed by atoms with Gasteiger partial charge in [0, 0.05) is 18.3 Å². The Morgan fingerprint density at radius 2 is 2.12 bits per heavy atom. The van der Waals surface area contributed by atoms with Crippen LogP contribution in [0, 0.1) is 6.92 Å². The van der Waals surface area contributed by atoms with Crippen LogP contribution in [0.15, 0.2) is 59.5 Å². The standard InChI is InChI=1S/C20H21N3O2/c1-15-12-21-22(13-15)14-17-8-5-10-23(17)20(24)19-18(9-11-25-19)16-6-3-2-4-7-16/h2-4,6-7,9,11-13,17H,5,8,10,14H2,1H3. The highest BCUT2D eigenvalue weighted by Crippen LogP contribution is 2.29. The Labute approximate surface area is 146 Å². The van der Waals surface area contributed by atoms with Crippen LogP contribution in [0.25, 0.3) is 11.1 Å². The molecule has 5 nitrogen and oxygen atoms in total. The third-order valence-electron chi connectivity index (χ3n) is 4.74. The van der Waals surface area contributed by atoms with Crippen LogP contribution in [0.2, 0.25) is 0 Å². The van der Waals surface area contributed by atoms with Crippen LogP contribution < -0.4 is 0 Å². The van der Waals surface area contributed by atoms with Crippen LogP contribution in [-0.4, -0.2) is 33.2 Å². The van der Waals surface area contributed by atoms with Crippen LogP contribution >= 0.6 is 0 Å². The summed E-state index contributed by atoms with van der Waals surface area (Å²) < 4.78 is 7.50. The molecule has 1 saturated heterocycles. The summed E-state index contributed by atoms with van der Waals surface area (Å²) in [5, 5.41) is 4.36. The van der Waals surface area contributed by atoms with E-state index in [0.717, 1.165) is 42.6 Å². The van der Waals surface area contributed by atoms with E-state index in [0.29, 0.717) is 5.76 Å². The van der Waals surface area contributed by atoms with Crippen LogP contribution in [0.3, 0.4) is 0 Å². The van der Waals surface area contributed by atoms with Gasteiger partial charge in [0.1, 0.15) is 0 Å². The van der Waals surface area contributed by atoms with E-state index < -0.39 is 0 Å². The highest BCUT2D eigenvalue weighted by Gasteiger charge is 2.32. The highest BCUT2D eigenvalue weighted by molar-refractivity contribution is 5.98. The molecule has 5 heteroatoms. The Morgan fingerprint density at radius 1 is 1.28 bits per heavy atom. The minimum atomic E-state index is -0.0322. The first kappa shape index (κ1) is 15.7. The second kappa shape index (κ2) is 6.59. The first-order valence-electron chi connectivity index (χ1n) is 8.65. The average Bonchev–Trinajstić information content (AvgIpc) is 3.36. The molecule has 3 aromatic rings. The van der Waals surface area contributed by atoms with Crippen molar-refractivity contribution in [3.05, 3.63) is 66.4 Å². The fraction of sp³-hybridized carbons (Fsp3) is 0.300. The molecule has 25 heavy (non-hydrogen) atoms. The summed E-state index contributed by atoms with van der Waals surface area (Å²) in [6.45, 7) is 3.51. The van der Waals surface area contributed by atoms with Crippen molar-refractivity contribution in [3.63, 3.8) is 0 Å². The fourth-order valence-electron chi connectivity index (χ4n) is 3.53. The molecular formula is C20H21N3O2. The molecule has 0 spiro atoms. The van der Waals surface area contributed by atoms with E-state index in [9.17, 15) is 4.79 Å². The minimum absolute atomic E-state index is 0.0322. The van der Waals surface area contributed by atoms with E-state index in [2.05, 4.69) is 5.10 Å². The molecule has 0 saturated carbocycles. The molecule has 128 valence electrons. The first-order chi connectivity index (χ1) is 12.2. The number of aryl methyl sites for hydroxylation is 1. The first-order valence-corrected chi connectivity index (χ1v) is 8.65. The molecule has 1 aliphatic heterocycles. The van der Waals surface area contributed by atoms with Crippen LogP contribution in [0.4, 0.5) is 0 Å². The van der Waals surface area contributed by atoms with Gasteiger partial charge in [-0.25, -0.2) is 0 Å². The number of carbonyl (C=O) groups excluding carboxylic acids is 1. The third kappa shape index (κ3) is 3.09. The summed E-state index contributed by atoms with van der Waals surface area (Å²) in [5.74, 6) is 0.393. The van der Waals surface area contributed by atoms with Gasteiger partial charge in [-0.1, -0.05) is 30.3 Å². The van der Waals surface area contributed by atoms with E-state index in [1.54, 1.807) is 6.26 Å². The van der Waals surface area contributed by atoms with Gasteiger partial charge in [-0.05, 0) is 37.0 Å². The zero-order valence-corrected chi connectivity index (χ0v) is 14.3. The number of hydrogen-bond acceptors (Lipinski definition) is 3. The summed E-state index contributed by atoms with van der Waals surface area (Å²) in [7, 11) is 0. The van der Waals surface area contributed by atoms with Crippen molar-refractivity contribution in [3.8, 4) is 11.1 Å². The molecule has 4 rings (SSSR count). The SMILES string of the molecule is Cc1cnn(CC2CCCN2C(=O)c2occc2-c2ccccc2)c1. The van der Waals surface area contributed by atoms with Gasteiger partial charge >= 0.3 is 0 Å². The zero-order chi connectivity index (χ0) is 17.2. The Kier molecular flexibility index (Phi) is 4.14. The van der Waals surface area contributed by atoms with Crippen molar-refractivity contribution in [2.75, 3.05) is 6.54 Å². The molecule has 0 aliphatic carbocycles. The normalized spacial score (nSPS) is 17.2. The van der Waals surface area contributed by atoms with Crippen LogP contribution in [0.5, 0.6) is 0 Å². The van der Waals surface area contributed by atoms with E-state index in [1.807, 2.05) is 65.3 Å². The predicted octanol–water partition coefficient (Wildman–Crippen LogP) is 3.76. The zero-order valence-electron chi connectivity index (χ0n) is 14.3. The number of likely N-dealkylation sites (tertiary alicyclic amines) is 1. The number of carbonyl (C=O) groups is 1. The Bertz CT molecular complexity index is 866. The van der Waals surface area contributed by atoms with Crippen molar-refractivity contribution in [1.82, 2.24) is 14.7 Å². The van der Waals surface area contributed by atoms with Crippen LogP contribution in [-0.2, 0) is 6.54 Å². The molecule has 1 aromatic carbocycles. The lowest BCUT2D eigenvalue weighted by Crippen LogP contribution is -2.38. The second-order valence-corrected chi connectivity index (χ2v) is 6.56. The fourth-order valence-corrected chi connectivity index (χ4v) is 3.53. The molecule has 1 fully saturated rings. The molecule has 1 atom stereocenters. The van der Waals surface area contributed by atoms with Gasteiger partial charge in [0.25, 0.3) is 5.91 Å². The lowest BCUT2D eigenvalue weighted by atomic mass is 10.1. The molecule has 1 aliphatic rings. The molecule has 0 bridgehead atoms. The monoisotopic (exact) mass is 335 g/mol. The molecule has 1 unspecified atom stereocenters. The van der Waals surface area contributed by atoms with Gasteiger partial charge in [0.2, 0.25) is 0 Å². The lowest BCUT2D eigenvalue weighted by molar-refractivity contribution is 0.0690. The van der Waals surface area contributed by atoms with Gasteiger partial charge in [0.05, 0.1) is 25.0 Å². The van der Waals surface area contributed by atoms with E-state index in [-0.39, 0.29) is 11.9 Å². The van der Waals surface area contributed by atoms with E-state index >= 15 is 0 Å². The average molecular weight is 335 g/mol. The smallest absolute Gasteiger partial charge is 0.290 e. The Hall–Kier alpha value is -2.82. The van der Waals surface area contributed by atoms with Gasteiger partial charge in [-0.15, -0.1) is 0 Å². The highest BCUT2D eigenvalue weighted by atomic mass is 16.3. The summed E-state index contributed by atoms with van der Waals surface area (Å²) in [6, 6.07) is 11.9. The molecule has 0 N–H and O–H groups in total. The van der Waals surface area contributed by atoms with E-state index in [4.69, 9.17) is 4.42 Å². The number of amides is 1. The summed E-state index contributed by atoms with van der Waals surface area (Å²) in [5.41, 5.74) is 2.98. The molecule has 1 amide bonds. The maximum absolute atomic E-state index is 13.1. The number of nitrogens with zero attached hydrogens (tertiary/aromatic N) is 3. The van der Waals surface area contributed by atoms with Crippen molar-refractivity contribution in [1.29, 1.82) is 0 Å². The Morgan fingerprint density at radius 3 is 2.88 bits per heavy atom. The van der Waals surface area contributed by atoms with Crippen molar-refractivity contribution in [2.45, 2.75) is 32.4 Å². The van der Waals surface area contributed by atoms with Crippen LogP contribution in [0.1, 0.15) is 29.0 Å². The van der Waals surface area contributed by atoms with Gasteiger partial charge < -0.3 is 9.32 Å². The largest absolute Gasteiger partial charge is 0.459 e. The number of benzene rings is 1. The molecule has 3 heterocycles. The van der Waals surface area contributed by atoms with Crippen molar-refractivity contribution >= 4 is 5.91 Å². The molecular weight excluding hydrogens is 314 g/mol. The summed E-state index contributed by atoms with van der Waals surface area (Å²) >= 11 is 0. The van der Waals surface area contributed by atoms with Gasteiger partial charge in [-0.2, -0.15) is 5.10 Å². The number of aromatic nitrogens is 2. The maximum Gasteiger partial charge on any atom is 0.290 e.